The molecule has 2 rings (SSSR count). The number of nitrogens with one attached hydrogen (secondary N) is 1. The van der Waals surface area contributed by atoms with Crippen LogP contribution in [0.3, 0.4) is 0 Å². The first-order chi connectivity index (χ1) is 10.9. The second kappa shape index (κ2) is 7.82. The number of amides is 1. The van der Waals surface area contributed by atoms with Crippen LogP contribution in [0.1, 0.15) is 0 Å². The number of ether oxygens (including phenoxy) is 2. The number of hydrogen-bond donors (Lipinski definition) is 1. The zero-order chi connectivity index (χ0) is 16.9. The molecular weight excluding hydrogens is 327 g/mol. The molecule has 1 fully saturated rings. The van der Waals surface area contributed by atoms with Crippen LogP contribution in [-0.4, -0.2) is 65.3 Å². The first-order valence-electron chi connectivity index (χ1n) is 7.06. The fourth-order valence-electron chi connectivity index (χ4n) is 2.12. The first-order valence-corrected chi connectivity index (χ1v) is 8.54. The number of sulfonamides is 1. The molecule has 1 atom stereocenters. The summed E-state index contributed by atoms with van der Waals surface area (Å²) in [6, 6.07) is 4.54. The van der Waals surface area contributed by atoms with Crippen LogP contribution in [0.2, 0.25) is 0 Å². The molecule has 1 aliphatic heterocycles. The van der Waals surface area contributed by atoms with E-state index >= 15 is 0 Å². The minimum Gasteiger partial charge on any atom is -0.383 e. The Bertz CT molecular complexity index is 635. The molecule has 0 aromatic heterocycles. The number of halogens is 1. The number of carbonyl (C=O) groups excluding carboxylic acids is 1. The number of morpholine rings is 1. The van der Waals surface area contributed by atoms with Gasteiger partial charge in [0, 0.05) is 26.7 Å². The third-order valence-electron chi connectivity index (χ3n) is 3.41. The molecule has 9 heteroatoms. The van der Waals surface area contributed by atoms with E-state index in [2.05, 4.69) is 4.72 Å². The molecule has 1 amide bonds. The Balaban J connectivity index is 1.92. The molecule has 0 aliphatic carbocycles. The van der Waals surface area contributed by atoms with E-state index in [1.807, 2.05) is 0 Å². The van der Waals surface area contributed by atoms with Crippen molar-refractivity contribution in [2.75, 3.05) is 40.0 Å². The molecular formula is C14H19FN2O5S. The number of rotatable bonds is 7. The van der Waals surface area contributed by atoms with Gasteiger partial charge in [-0.2, -0.15) is 0 Å². The van der Waals surface area contributed by atoms with E-state index in [0.29, 0.717) is 13.2 Å². The van der Waals surface area contributed by atoms with Crippen molar-refractivity contribution in [3.05, 3.63) is 30.1 Å². The van der Waals surface area contributed by atoms with E-state index in [-0.39, 0.29) is 30.5 Å². The molecule has 1 aliphatic rings. The van der Waals surface area contributed by atoms with E-state index in [4.69, 9.17) is 9.47 Å². The van der Waals surface area contributed by atoms with Crippen molar-refractivity contribution in [1.29, 1.82) is 0 Å². The minimum atomic E-state index is -3.75. The van der Waals surface area contributed by atoms with Crippen LogP contribution in [0.5, 0.6) is 0 Å². The summed E-state index contributed by atoms with van der Waals surface area (Å²) in [7, 11) is -2.21. The van der Waals surface area contributed by atoms with Crippen molar-refractivity contribution >= 4 is 15.9 Å². The highest BCUT2D eigenvalue weighted by molar-refractivity contribution is 7.89. The predicted molar refractivity (Wildman–Crippen MR) is 79.8 cm³/mol. The zero-order valence-electron chi connectivity index (χ0n) is 12.7. The lowest BCUT2D eigenvalue weighted by molar-refractivity contribution is -0.149. The number of nitrogens with zero attached hydrogens (tertiary/aromatic N) is 1. The van der Waals surface area contributed by atoms with Gasteiger partial charge in [-0.05, 0) is 24.3 Å². The second-order valence-corrected chi connectivity index (χ2v) is 6.84. The summed E-state index contributed by atoms with van der Waals surface area (Å²) >= 11 is 0. The summed E-state index contributed by atoms with van der Waals surface area (Å²) in [5.74, 6) is -0.661. The maximum absolute atomic E-state index is 12.9. The summed E-state index contributed by atoms with van der Waals surface area (Å²) in [5.41, 5.74) is 0. The quantitative estimate of drug-likeness (QED) is 0.750. The lowest BCUT2D eigenvalue weighted by Crippen LogP contribution is -2.51. The third kappa shape index (κ3) is 4.96. The van der Waals surface area contributed by atoms with Gasteiger partial charge in [0.1, 0.15) is 12.4 Å². The maximum atomic E-state index is 12.9. The molecule has 23 heavy (non-hydrogen) atoms. The van der Waals surface area contributed by atoms with Gasteiger partial charge < -0.3 is 14.4 Å². The largest absolute Gasteiger partial charge is 0.383 e. The monoisotopic (exact) mass is 346 g/mol. The number of methoxy groups -OCH3 is 1. The van der Waals surface area contributed by atoms with Crippen molar-refractivity contribution < 1.29 is 27.1 Å². The van der Waals surface area contributed by atoms with Crippen molar-refractivity contribution in [3.63, 3.8) is 0 Å². The summed E-state index contributed by atoms with van der Waals surface area (Å²) in [6.07, 6.45) is -0.445. The molecule has 1 aromatic rings. The standard InChI is InChI=1S/C14H19FN2O5S/c1-21-7-6-17-9-12(22-10-14(17)18)8-16-23(19,20)13-4-2-11(15)3-5-13/h2-5,12,16H,6-10H2,1H3. The summed E-state index contributed by atoms with van der Waals surface area (Å²) in [4.78, 5) is 13.2. The normalized spacial score (nSPS) is 19.1. The molecule has 0 radical (unpaired) electrons. The van der Waals surface area contributed by atoms with Gasteiger partial charge in [-0.15, -0.1) is 0 Å². The zero-order valence-corrected chi connectivity index (χ0v) is 13.5. The lowest BCUT2D eigenvalue weighted by Gasteiger charge is -2.32. The molecule has 0 bridgehead atoms. The van der Waals surface area contributed by atoms with E-state index < -0.39 is 21.9 Å². The van der Waals surface area contributed by atoms with Crippen molar-refractivity contribution in [1.82, 2.24) is 9.62 Å². The van der Waals surface area contributed by atoms with Gasteiger partial charge in [0.05, 0.1) is 17.6 Å². The topological polar surface area (TPSA) is 84.9 Å². The van der Waals surface area contributed by atoms with Gasteiger partial charge in [-0.3, -0.25) is 4.79 Å². The molecule has 1 saturated heterocycles. The van der Waals surface area contributed by atoms with Crippen LogP contribution < -0.4 is 4.72 Å². The minimum absolute atomic E-state index is 0.0243. The molecule has 1 heterocycles. The Kier molecular flexibility index (Phi) is 6.05. The second-order valence-electron chi connectivity index (χ2n) is 5.07. The van der Waals surface area contributed by atoms with Gasteiger partial charge in [0.2, 0.25) is 15.9 Å². The molecule has 7 nitrogen and oxygen atoms in total. The van der Waals surface area contributed by atoms with Gasteiger partial charge in [0.15, 0.2) is 0 Å². The summed E-state index contributed by atoms with van der Waals surface area (Å²) in [6.45, 7) is 1.05. The van der Waals surface area contributed by atoms with E-state index in [9.17, 15) is 17.6 Å². The molecule has 1 unspecified atom stereocenters. The predicted octanol–water partition coefficient (Wildman–Crippen LogP) is -0.0222. The molecule has 1 N–H and O–H groups in total. The van der Waals surface area contributed by atoms with Crippen LogP contribution in [0.4, 0.5) is 4.39 Å². The highest BCUT2D eigenvalue weighted by atomic mass is 32.2. The Morgan fingerprint density at radius 2 is 2.09 bits per heavy atom. The van der Waals surface area contributed by atoms with Crippen molar-refractivity contribution in [3.8, 4) is 0 Å². The van der Waals surface area contributed by atoms with Crippen LogP contribution >= 0.6 is 0 Å². The lowest BCUT2D eigenvalue weighted by atomic mass is 10.2. The molecule has 1 aromatic carbocycles. The Morgan fingerprint density at radius 1 is 1.39 bits per heavy atom. The highest BCUT2D eigenvalue weighted by Crippen LogP contribution is 2.11. The average Bonchev–Trinajstić information content (AvgIpc) is 2.53. The number of benzene rings is 1. The number of hydrogen-bond acceptors (Lipinski definition) is 5. The van der Waals surface area contributed by atoms with Crippen LogP contribution in [0, 0.1) is 5.82 Å². The van der Waals surface area contributed by atoms with Gasteiger partial charge in [0.25, 0.3) is 0 Å². The van der Waals surface area contributed by atoms with Crippen molar-refractivity contribution in [2.45, 2.75) is 11.0 Å². The van der Waals surface area contributed by atoms with E-state index in [1.54, 1.807) is 12.0 Å². The van der Waals surface area contributed by atoms with Gasteiger partial charge >= 0.3 is 0 Å². The highest BCUT2D eigenvalue weighted by Gasteiger charge is 2.27. The molecule has 0 spiro atoms. The third-order valence-corrected chi connectivity index (χ3v) is 4.85. The van der Waals surface area contributed by atoms with Gasteiger partial charge in [-0.25, -0.2) is 17.5 Å². The Labute approximate surface area is 134 Å². The summed E-state index contributed by atoms with van der Waals surface area (Å²) in [5, 5.41) is 0. The maximum Gasteiger partial charge on any atom is 0.248 e. The summed E-state index contributed by atoms with van der Waals surface area (Å²) < 4.78 is 49.8. The van der Waals surface area contributed by atoms with Crippen molar-refractivity contribution in [2.24, 2.45) is 0 Å². The van der Waals surface area contributed by atoms with E-state index in [0.717, 1.165) is 12.1 Å². The van der Waals surface area contributed by atoms with Crippen LogP contribution in [-0.2, 0) is 24.3 Å². The fraction of sp³-hybridized carbons (Fsp3) is 0.500. The smallest absolute Gasteiger partial charge is 0.248 e. The van der Waals surface area contributed by atoms with Crippen LogP contribution in [0.25, 0.3) is 0 Å². The Hall–Kier alpha value is -1.55. The Morgan fingerprint density at radius 3 is 2.74 bits per heavy atom. The fourth-order valence-corrected chi connectivity index (χ4v) is 3.19. The van der Waals surface area contributed by atoms with E-state index in [1.165, 1.54) is 12.1 Å². The number of carbonyl (C=O) groups is 1. The SMILES string of the molecule is COCCN1CC(CNS(=O)(=O)c2ccc(F)cc2)OCC1=O. The first kappa shape index (κ1) is 17.8. The molecule has 128 valence electrons. The average molecular weight is 346 g/mol. The van der Waals surface area contributed by atoms with Gasteiger partial charge in [-0.1, -0.05) is 0 Å². The van der Waals surface area contributed by atoms with Crippen LogP contribution in [0.15, 0.2) is 29.2 Å². The molecule has 0 saturated carbocycles.